The summed E-state index contributed by atoms with van der Waals surface area (Å²) < 4.78 is 19.7. The van der Waals surface area contributed by atoms with Gasteiger partial charge in [-0.2, -0.15) is 0 Å². The van der Waals surface area contributed by atoms with Crippen molar-refractivity contribution in [2.45, 2.75) is 33.4 Å². The smallest absolute Gasteiger partial charge is 0.168 e. The summed E-state index contributed by atoms with van der Waals surface area (Å²) in [5, 5.41) is 3.30. The van der Waals surface area contributed by atoms with Crippen LogP contribution in [0.15, 0.2) is 36.7 Å². The minimum atomic E-state index is -0.327. The third-order valence-corrected chi connectivity index (χ3v) is 2.94. The Bertz CT molecular complexity index is 584. The van der Waals surface area contributed by atoms with Crippen LogP contribution in [0.1, 0.15) is 25.0 Å². The number of ether oxygens (including phenoxy) is 1. The Hall–Kier alpha value is -1.94. The Morgan fingerprint density at radius 1 is 1.25 bits per heavy atom. The van der Waals surface area contributed by atoms with Crippen molar-refractivity contribution in [3.8, 4) is 11.5 Å². The van der Waals surface area contributed by atoms with Crippen molar-refractivity contribution in [1.82, 2.24) is 10.3 Å². The molecular formula is C16H19FN2O. The molecular weight excluding hydrogens is 255 g/mol. The van der Waals surface area contributed by atoms with Crippen LogP contribution in [-0.4, -0.2) is 11.0 Å². The average molecular weight is 274 g/mol. The second kappa shape index (κ2) is 6.48. The monoisotopic (exact) mass is 274 g/mol. The molecule has 0 aliphatic rings. The third kappa shape index (κ3) is 3.54. The van der Waals surface area contributed by atoms with Crippen LogP contribution < -0.4 is 10.1 Å². The number of nitrogens with zero attached hydrogens (tertiary/aromatic N) is 1. The lowest BCUT2D eigenvalue weighted by molar-refractivity contribution is 0.431. The van der Waals surface area contributed by atoms with Gasteiger partial charge < -0.3 is 10.1 Å². The van der Waals surface area contributed by atoms with E-state index in [2.05, 4.69) is 24.1 Å². The fraction of sp³-hybridized carbons (Fsp3) is 0.312. The van der Waals surface area contributed by atoms with Crippen molar-refractivity contribution in [3.63, 3.8) is 0 Å². The number of aromatic nitrogens is 1. The van der Waals surface area contributed by atoms with Gasteiger partial charge in [-0.15, -0.1) is 0 Å². The molecule has 0 aliphatic heterocycles. The number of hydrogen-bond acceptors (Lipinski definition) is 3. The molecule has 1 aromatic heterocycles. The summed E-state index contributed by atoms with van der Waals surface area (Å²) in [6, 6.07) is 7.23. The molecule has 0 atom stereocenters. The second-order valence-electron chi connectivity index (χ2n) is 5.01. The molecule has 1 heterocycles. The highest BCUT2D eigenvalue weighted by molar-refractivity contribution is 5.38. The van der Waals surface area contributed by atoms with E-state index >= 15 is 0 Å². The van der Waals surface area contributed by atoms with Crippen LogP contribution in [0.4, 0.5) is 4.39 Å². The van der Waals surface area contributed by atoms with E-state index in [1.165, 1.54) is 0 Å². The molecule has 20 heavy (non-hydrogen) atoms. The molecule has 1 N–H and O–H groups in total. The molecule has 0 amide bonds. The van der Waals surface area contributed by atoms with E-state index in [1.807, 2.05) is 0 Å². The topological polar surface area (TPSA) is 34.1 Å². The van der Waals surface area contributed by atoms with Crippen LogP contribution in [0.2, 0.25) is 0 Å². The number of halogens is 1. The normalized spacial score (nSPS) is 10.8. The molecule has 0 saturated carbocycles. The van der Waals surface area contributed by atoms with E-state index in [0.717, 1.165) is 5.56 Å². The molecule has 0 radical (unpaired) electrons. The number of aryl methyl sites for hydroxylation is 1. The lowest BCUT2D eigenvalue weighted by Crippen LogP contribution is -2.22. The Kier molecular flexibility index (Phi) is 4.69. The standard InChI is InChI=1S/C16H19FN2O/c1-11(2)19-10-13-9-18-8-7-14(13)20-15-6-4-5-12(3)16(15)17/h4-9,11,19H,10H2,1-3H3. The van der Waals surface area contributed by atoms with Crippen molar-refractivity contribution in [2.75, 3.05) is 0 Å². The lowest BCUT2D eigenvalue weighted by atomic mass is 10.2. The quantitative estimate of drug-likeness (QED) is 0.900. The largest absolute Gasteiger partial charge is 0.454 e. The number of hydrogen-bond donors (Lipinski definition) is 1. The Balaban J connectivity index is 2.22. The molecule has 0 spiro atoms. The number of benzene rings is 1. The molecule has 2 aromatic rings. The average Bonchev–Trinajstić information content (AvgIpc) is 2.43. The number of rotatable bonds is 5. The van der Waals surface area contributed by atoms with E-state index in [0.29, 0.717) is 23.9 Å². The maximum Gasteiger partial charge on any atom is 0.168 e. The molecule has 0 fully saturated rings. The summed E-state index contributed by atoms with van der Waals surface area (Å²) in [6.07, 6.45) is 3.38. The number of pyridine rings is 1. The lowest BCUT2D eigenvalue weighted by Gasteiger charge is -2.13. The summed E-state index contributed by atoms with van der Waals surface area (Å²) in [6.45, 7) is 6.48. The number of nitrogens with one attached hydrogen (secondary N) is 1. The van der Waals surface area contributed by atoms with E-state index in [1.54, 1.807) is 43.6 Å². The van der Waals surface area contributed by atoms with Gasteiger partial charge in [-0.1, -0.05) is 26.0 Å². The maximum atomic E-state index is 14.0. The maximum absolute atomic E-state index is 14.0. The predicted octanol–water partition coefficient (Wildman–Crippen LogP) is 3.82. The second-order valence-corrected chi connectivity index (χ2v) is 5.01. The van der Waals surface area contributed by atoms with Crippen molar-refractivity contribution < 1.29 is 9.13 Å². The van der Waals surface area contributed by atoms with Gasteiger partial charge in [0.05, 0.1) is 0 Å². The molecule has 2 rings (SSSR count). The van der Waals surface area contributed by atoms with Gasteiger partial charge in [-0.05, 0) is 24.6 Å². The Labute approximate surface area is 118 Å². The summed E-state index contributed by atoms with van der Waals surface area (Å²) in [5.74, 6) is 0.534. The van der Waals surface area contributed by atoms with Crippen LogP contribution in [0.3, 0.4) is 0 Å². The fourth-order valence-electron chi connectivity index (χ4n) is 1.78. The SMILES string of the molecule is Cc1cccc(Oc2ccncc2CNC(C)C)c1F. The van der Waals surface area contributed by atoms with Gasteiger partial charge in [0.2, 0.25) is 0 Å². The minimum Gasteiger partial charge on any atom is -0.454 e. The third-order valence-electron chi connectivity index (χ3n) is 2.94. The highest BCUT2D eigenvalue weighted by atomic mass is 19.1. The van der Waals surface area contributed by atoms with Crippen molar-refractivity contribution in [3.05, 3.63) is 53.6 Å². The van der Waals surface area contributed by atoms with Crippen molar-refractivity contribution in [1.29, 1.82) is 0 Å². The molecule has 0 bridgehead atoms. The van der Waals surface area contributed by atoms with Crippen molar-refractivity contribution >= 4 is 0 Å². The van der Waals surface area contributed by atoms with Gasteiger partial charge in [-0.25, -0.2) is 4.39 Å². The van der Waals surface area contributed by atoms with Gasteiger partial charge in [0.1, 0.15) is 5.75 Å². The molecule has 4 heteroatoms. The zero-order valence-electron chi connectivity index (χ0n) is 12.0. The van der Waals surface area contributed by atoms with E-state index in [4.69, 9.17) is 4.74 Å². The molecule has 0 unspecified atom stereocenters. The van der Waals surface area contributed by atoms with E-state index in [9.17, 15) is 4.39 Å². The summed E-state index contributed by atoms with van der Waals surface area (Å²) in [5.41, 5.74) is 1.47. The van der Waals surface area contributed by atoms with Crippen LogP contribution in [0.5, 0.6) is 11.5 Å². The predicted molar refractivity (Wildman–Crippen MR) is 77.4 cm³/mol. The minimum absolute atomic E-state index is 0.238. The zero-order chi connectivity index (χ0) is 14.5. The molecule has 0 aliphatic carbocycles. The van der Waals surface area contributed by atoms with Gasteiger partial charge in [0.15, 0.2) is 11.6 Å². The first-order valence-corrected chi connectivity index (χ1v) is 6.67. The molecule has 3 nitrogen and oxygen atoms in total. The highest BCUT2D eigenvalue weighted by Gasteiger charge is 2.10. The van der Waals surface area contributed by atoms with Gasteiger partial charge in [0, 0.05) is 30.5 Å². The first kappa shape index (κ1) is 14.5. The van der Waals surface area contributed by atoms with Gasteiger partial charge in [0.25, 0.3) is 0 Å². The van der Waals surface area contributed by atoms with Gasteiger partial charge in [-0.3, -0.25) is 4.98 Å². The first-order chi connectivity index (χ1) is 9.58. The van der Waals surface area contributed by atoms with Gasteiger partial charge >= 0.3 is 0 Å². The molecule has 106 valence electrons. The van der Waals surface area contributed by atoms with E-state index in [-0.39, 0.29) is 11.6 Å². The molecule has 0 saturated heterocycles. The summed E-state index contributed by atoms with van der Waals surface area (Å²) in [4.78, 5) is 4.09. The zero-order valence-corrected chi connectivity index (χ0v) is 12.0. The Morgan fingerprint density at radius 2 is 2.05 bits per heavy atom. The molecule has 1 aromatic carbocycles. The van der Waals surface area contributed by atoms with Crippen molar-refractivity contribution in [2.24, 2.45) is 0 Å². The fourth-order valence-corrected chi connectivity index (χ4v) is 1.78. The first-order valence-electron chi connectivity index (χ1n) is 6.67. The van der Waals surface area contributed by atoms with Crippen LogP contribution in [0.25, 0.3) is 0 Å². The van der Waals surface area contributed by atoms with Crippen LogP contribution in [0, 0.1) is 12.7 Å². The van der Waals surface area contributed by atoms with Crippen LogP contribution >= 0.6 is 0 Å². The highest BCUT2D eigenvalue weighted by Crippen LogP contribution is 2.28. The summed E-state index contributed by atoms with van der Waals surface area (Å²) >= 11 is 0. The van der Waals surface area contributed by atoms with E-state index < -0.39 is 0 Å². The summed E-state index contributed by atoms with van der Waals surface area (Å²) in [7, 11) is 0. The Morgan fingerprint density at radius 3 is 2.80 bits per heavy atom. The van der Waals surface area contributed by atoms with Crippen LogP contribution in [-0.2, 0) is 6.54 Å².